The highest BCUT2D eigenvalue weighted by Crippen LogP contribution is 2.29. The van der Waals surface area contributed by atoms with E-state index in [-0.39, 0.29) is 16.5 Å². The number of nitrogens with one attached hydrogen (secondary N) is 1. The Balaban J connectivity index is 2.11. The van der Waals surface area contributed by atoms with Crippen molar-refractivity contribution >= 4 is 23.2 Å². The molecule has 0 radical (unpaired) electrons. The lowest BCUT2D eigenvalue weighted by atomic mass is 10.1. The van der Waals surface area contributed by atoms with Crippen molar-refractivity contribution in [3.05, 3.63) is 64.5 Å². The summed E-state index contributed by atoms with van der Waals surface area (Å²) in [5, 5.41) is 41.7. The molecule has 0 heterocycles. The Morgan fingerprint density at radius 3 is 2.30 bits per heavy atom. The third kappa shape index (κ3) is 4.31. The fraction of sp³-hybridized carbons (Fsp3) is 0.0714. The SMILES string of the molecule is O=C(Nc1ccccc1)OCc1c(N([O-])[O-])cccc1N(O)O. The van der Waals surface area contributed by atoms with Gasteiger partial charge < -0.3 is 20.4 Å². The number of ether oxygens (including phenoxy) is 1. The smallest absolute Gasteiger partial charge is 0.411 e. The van der Waals surface area contributed by atoms with Gasteiger partial charge >= 0.3 is 6.09 Å². The maximum atomic E-state index is 11.7. The number of benzene rings is 2. The van der Waals surface area contributed by atoms with Gasteiger partial charge in [0.05, 0.1) is 0 Å². The summed E-state index contributed by atoms with van der Waals surface area (Å²) in [4.78, 5) is 11.7. The number of hydrogen-bond donors (Lipinski definition) is 3. The first kappa shape index (κ1) is 16.5. The fourth-order valence-corrected chi connectivity index (χ4v) is 1.88. The fourth-order valence-electron chi connectivity index (χ4n) is 1.88. The van der Waals surface area contributed by atoms with E-state index in [1.165, 1.54) is 18.2 Å². The van der Waals surface area contributed by atoms with E-state index in [0.717, 1.165) is 0 Å². The Labute approximate surface area is 131 Å². The highest BCUT2D eigenvalue weighted by Gasteiger charge is 2.14. The quantitative estimate of drug-likeness (QED) is 0.717. The summed E-state index contributed by atoms with van der Waals surface area (Å²) in [5.74, 6) is 0. The van der Waals surface area contributed by atoms with Crippen LogP contribution in [0.15, 0.2) is 48.5 Å². The predicted molar refractivity (Wildman–Crippen MR) is 82.0 cm³/mol. The molecule has 0 aliphatic rings. The molecule has 2 aromatic carbocycles. The highest BCUT2D eigenvalue weighted by molar-refractivity contribution is 5.84. The summed E-state index contributed by atoms with van der Waals surface area (Å²) in [6.45, 7) is -0.511. The van der Waals surface area contributed by atoms with Crippen LogP contribution in [0.3, 0.4) is 0 Å². The molecule has 9 heteroatoms. The number of hydrogen-bond acceptors (Lipinski definition) is 8. The minimum atomic E-state index is -0.831. The van der Waals surface area contributed by atoms with Crippen molar-refractivity contribution in [2.24, 2.45) is 0 Å². The molecule has 0 fully saturated rings. The lowest BCUT2D eigenvalue weighted by Gasteiger charge is -2.39. The van der Waals surface area contributed by atoms with E-state index >= 15 is 0 Å². The molecular weight excluding hydrogens is 306 g/mol. The zero-order valence-corrected chi connectivity index (χ0v) is 11.7. The van der Waals surface area contributed by atoms with E-state index in [1.807, 2.05) is 0 Å². The lowest BCUT2D eigenvalue weighted by Crippen LogP contribution is -2.19. The van der Waals surface area contributed by atoms with Gasteiger partial charge in [0, 0.05) is 16.9 Å². The van der Waals surface area contributed by atoms with Gasteiger partial charge in [0.1, 0.15) is 12.3 Å². The molecule has 0 aromatic heterocycles. The van der Waals surface area contributed by atoms with Gasteiger partial charge in [-0.3, -0.25) is 15.7 Å². The maximum absolute atomic E-state index is 11.7. The molecule has 2 aromatic rings. The van der Waals surface area contributed by atoms with Crippen molar-refractivity contribution in [3.63, 3.8) is 0 Å². The number of rotatable bonds is 5. The first-order valence-corrected chi connectivity index (χ1v) is 6.42. The van der Waals surface area contributed by atoms with Gasteiger partial charge in [0.2, 0.25) is 0 Å². The molecule has 3 N–H and O–H groups in total. The average Bonchev–Trinajstić information content (AvgIpc) is 2.53. The van der Waals surface area contributed by atoms with Gasteiger partial charge in [-0.15, -0.1) is 5.23 Å². The van der Waals surface area contributed by atoms with Gasteiger partial charge in [-0.25, -0.2) is 4.79 Å². The Kier molecular flexibility index (Phi) is 5.33. The molecule has 0 saturated heterocycles. The van der Waals surface area contributed by atoms with Gasteiger partial charge in [-0.2, -0.15) is 0 Å². The normalized spacial score (nSPS) is 10.1. The Bertz CT molecular complexity index is 637. The van der Waals surface area contributed by atoms with Crippen LogP contribution < -0.4 is 15.8 Å². The molecular formula is C14H13N3O6-2. The number of anilines is 3. The van der Waals surface area contributed by atoms with Crippen LogP contribution in [0.4, 0.5) is 21.9 Å². The Morgan fingerprint density at radius 1 is 1.04 bits per heavy atom. The monoisotopic (exact) mass is 319 g/mol. The zero-order chi connectivity index (χ0) is 16.8. The van der Waals surface area contributed by atoms with E-state index < -0.39 is 23.6 Å². The molecule has 23 heavy (non-hydrogen) atoms. The van der Waals surface area contributed by atoms with E-state index in [4.69, 9.17) is 15.2 Å². The Hall–Kier alpha value is -2.85. The van der Waals surface area contributed by atoms with Crippen LogP contribution in [0, 0.1) is 10.4 Å². The first-order valence-electron chi connectivity index (χ1n) is 6.42. The van der Waals surface area contributed by atoms with Gasteiger partial charge in [0.15, 0.2) is 0 Å². The van der Waals surface area contributed by atoms with Crippen LogP contribution >= 0.6 is 0 Å². The van der Waals surface area contributed by atoms with Crippen molar-refractivity contribution in [2.75, 3.05) is 15.8 Å². The third-order valence-electron chi connectivity index (χ3n) is 2.91. The van der Waals surface area contributed by atoms with Crippen molar-refractivity contribution in [1.29, 1.82) is 0 Å². The molecule has 0 saturated carbocycles. The van der Waals surface area contributed by atoms with Crippen molar-refractivity contribution in [2.45, 2.75) is 6.61 Å². The summed E-state index contributed by atoms with van der Waals surface area (Å²) in [6.07, 6.45) is -0.831. The van der Waals surface area contributed by atoms with Crippen molar-refractivity contribution < 1.29 is 19.9 Å². The largest absolute Gasteiger partial charge is 0.769 e. The molecule has 122 valence electrons. The highest BCUT2D eigenvalue weighted by atomic mass is 16.8. The molecule has 0 unspecified atom stereocenters. The molecule has 0 aliphatic carbocycles. The second-order valence-corrected chi connectivity index (χ2v) is 4.39. The van der Waals surface area contributed by atoms with Crippen LogP contribution in [0.5, 0.6) is 0 Å². The summed E-state index contributed by atoms with van der Waals surface area (Å²) in [6, 6.07) is 12.2. The standard InChI is InChI=1S/C14H13N3O6/c18-14(15-10-5-2-1-3-6-10)23-9-11-12(16(19)20)7-4-8-13(11)17(21)22/h1-8,19-20H,9H2,(H,15,18)/q-2. The van der Waals surface area contributed by atoms with Gasteiger partial charge in [0.25, 0.3) is 0 Å². The van der Waals surface area contributed by atoms with Crippen LogP contribution in [0.1, 0.15) is 5.56 Å². The van der Waals surface area contributed by atoms with Crippen LogP contribution in [0.25, 0.3) is 0 Å². The summed E-state index contributed by atoms with van der Waals surface area (Å²) >= 11 is 0. The number of para-hydroxylation sites is 1. The molecule has 9 nitrogen and oxygen atoms in total. The lowest BCUT2D eigenvalue weighted by molar-refractivity contribution is 0.0279. The van der Waals surface area contributed by atoms with Crippen molar-refractivity contribution in [1.82, 2.24) is 0 Å². The van der Waals surface area contributed by atoms with E-state index in [1.54, 1.807) is 30.3 Å². The predicted octanol–water partition coefficient (Wildman–Crippen LogP) is 2.82. The minimum Gasteiger partial charge on any atom is -0.769 e. The molecule has 0 bridgehead atoms. The second kappa shape index (κ2) is 7.42. The van der Waals surface area contributed by atoms with Crippen LogP contribution in [-0.2, 0) is 11.3 Å². The number of carbonyl (C=O) groups is 1. The van der Waals surface area contributed by atoms with E-state index in [0.29, 0.717) is 5.69 Å². The number of amides is 1. The molecule has 1 amide bonds. The molecule has 0 spiro atoms. The van der Waals surface area contributed by atoms with Gasteiger partial charge in [-0.1, -0.05) is 24.3 Å². The molecule has 0 atom stereocenters. The second-order valence-electron chi connectivity index (χ2n) is 4.39. The molecule has 2 rings (SSSR count). The summed E-state index contributed by atoms with van der Waals surface area (Å²) < 4.78 is 4.91. The van der Waals surface area contributed by atoms with Gasteiger partial charge in [-0.05, 0) is 24.3 Å². The van der Waals surface area contributed by atoms with Crippen LogP contribution in [0.2, 0.25) is 0 Å². The minimum absolute atomic E-state index is 0.147. The zero-order valence-electron chi connectivity index (χ0n) is 11.7. The third-order valence-corrected chi connectivity index (χ3v) is 2.91. The first-order chi connectivity index (χ1) is 11.0. The average molecular weight is 319 g/mol. The molecule has 0 aliphatic heterocycles. The van der Waals surface area contributed by atoms with Crippen molar-refractivity contribution in [3.8, 4) is 0 Å². The maximum Gasteiger partial charge on any atom is 0.411 e. The number of carbonyl (C=O) groups excluding carboxylic acids is 1. The topological polar surface area (TPSA) is 131 Å². The summed E-state index contributed by atoms with van der Waals surface area (Å²) in [5.41, 5.74) is -0.313. The van der Waals surface area contributed by atoms with E-state index in [9.17, 15) is 15.2 Å². The number of nitrogens with zero attached hydrogens (tertiary/aromatic N) is 2. The van der Waals surface area contributed by atoms with Crippen LogP contribution in [-0.4, -0.2) is 16.5 Å². The summed E-state index contributed by atoms with van der Waals surface area (Å²) in [7, 11) is 0. The Morgan fingerprint density at radius 2 is 1.70 bits per heavy atom. The van der Waals surface area contributed by atoms with E-state index in [2.05, 4.69) is 5.32 Å².